The van der Waals surface area contributed by atoms with E-state index in [1.54, 1.807) is 36.6 Å². The van der Waals surface area contributed by atoms with Gasteiger partial charge >= 0.3 is 0 Å². The molecule has 2 rings (SSSR count). The van der Waals surface area contributed by atoms with Gasteiger partial charge in [-0.3, -0.25) is 4.99 Å². The van der Waals surface area contributed by atoms with Gasteiger partial charge in [0.05, 0.1) is 4.24 Å². The second kappa shape index (κ2) is 7.85. The molecule has 0 saturated carbocycles. The smallest absolute Gasteiger partial charge is 0.153 e. The maximum Gasteiger partial charge on any atom is 0.153 e. The second-order valence-electron chi connectivity index (χ2n) is 4.20. The normalized spacial score (nSPS) is 19.8. The van der Waals surface area contributed by atoms with E-state index in [-0.39, 0.29) is 5.25 Å². The average molecular weight is 368 g/mol. The van der Waals surface area contributed by atoms with Gasteiger partial charge in [-0.05, 0) is 17.7 Å². The summed E-state index contributed by atoms with van der Waals surface area (Å²) < 4.78 is 0.872. The summed E-state index contributed by atoms with van der Waals surface area (Å²) in [5.74, 6) is 0.814. The molecule has 0 spiro atoms. The first-order valence-corrected chi connectivity index (χ1v) is 8.79. The zero-order chi connectivity index (χ0) is 16.1. The quantitative estimate of drug-likeness (QED) is 0.254. The molecule has 1 aliphatic heterocycles. The van der Waals surface area contributed by atoms with Gasteiger partial charge in [-0.2, -0.15) is 5.26 Å². The van der Waals surface area contributed by atoms with Gasteiger partial charge in [-0.15, -0.1) is 23.5 Å². The summed E-state index contributed by atoms with van der Waals surface area (Å²) in [6.07, 6.45) is 6.89. The molecule has 1 aliphatic rings. The third-order valence-corrected chi connectivity index (χ3v) is 6.32. The Morgan fingerprint density at radius 3 is 2.91 bits per heavy atom. The van der Waals surface area contributed by atoms with Crippen LogP contribution < -0.4 is 0 Å². The molecule has 1 saturated heterocycles. The SMILES string of the molecule is C#CN(C=NC)/C(C#N)=C1\SCC(c2ccc(Cl)cc2Cl)S1. The summed E-state index contributed by atoms with van der Waals surface area (Å²) in [5, 5.41) is 10.8. The first-order valence-electron chi connectivity index (χ1n) is 6.17. The van der Waals surface area contributed by atoms with E-state index in [0.29, 0.717) is 15.7 Å². The highest BCUT2D eigenvalue weighted by Gasteiger charge is 2.28. The highest BCUT2D eigenvalue weighted by molar-refractivity contribution is 8.25. The number of aliphatic imine (C=N–C) groups is 1. The monoisotopic (exact) mass is 367 g/mol. The maximum absolute atomic E-state index is 9.39. The van der Waals surface area contributed by atoms with Gasteiger partial charge in [0.2, 0.25) is 0 Å². The summed E-state index contributed by atoms with van der Waals surface area (Å²) >= 11 is 15.4. The Labute approximate surface area is 148 Å². The first kappa shape index (κ1) is 17.1. The van der Waals surface area contributed by atoms with Crippen molar-refractivity contribution in [1.82, 2.24) is 4.90 Å². The van der Waals surface area contributed by atoms with Crippen molar-refractivity contribution < 1.29 is 0 Å². The van der Waals surface area contributed by atoms with Crippen molar-refractivity contribution in [2.24, 2.45) is 4.99 Å². The lowest BCUT2D eigenvalue weighted by Crippen LogP contribution is -2.14. The molecule has 0 aromatic heterocycles. The maximum atomic E-state index is 9.39. The van der Waals surface area contributed by atoms with Crippen LogP contribution in [0.5, 0.6) is 0 Å². The molecule has 1 fully saturated rings. The molecule has 112 valence electrons. The second-order valence-corrected chi connectivity index (χ2v) is 7.55. The first-order chi connectivity index (χ1) is 10.6. The van der Waals surface area contributed by atoms with E-state index in [2.05, 4.69) is 17.1 Å². The fraction of sp³-hybridized carbons (Fsp3) is 0.200. The van der Waals surface area contributed by atoms with Crippen LogP contribution in [0, 0.1) is 23.8 Å². The van der Waals surface area contributed by atoms with E-state index in [9.17, 15) is 5.26 Å². The number of nitrogens with zero attached hydrogens (tertiary/aromatic N) is 3. The predicted octanol–water partition coefficient (Wildman–Crippen LogP) is 4.76. The summed E-state index contributed by atoms with van der Waals surface area (Å²) in [4.78, 5) is 5.26. The predicted molar refractivity (Wildman–Crippen MR) is 97.0 cm³/mol. The van der Waals surface area contributed by atoms with E-state index >= 15 is 0 Å². The van der Waals surface area contributed by atoms with Crippen molar-refractivity contribution in [3.8, 4) is 18.5 Å². The van der Waals surface area contributed by atoms with Crippen molar-refractivity contribution in [3.63, 3.8) is 0 Å². The summed E-state index contributed by atoms with van der Waals surface area (Å²) in [6.45, 7) is 0. The number of thioether (sulfide) groups is 2. The van der Waals surface area contributed by atoms with Crippen LogP contribution in [-0.4, -0.2) is 24.0 Å². The Bertz CT molecular complexity index is 716. The third kappa shape index (κ3) is 3.74. The molecule has 1 atom stereocenters. The molecule has 1 aromatic rings. The Balaban J connectivity index is 2.29. The van der Waals surface area contributed by atoms with Crippen molar-refractivity contribution in [2.75, 3.05) is 12.8 Å². The molecule has 1 heterocycles. The van der Waals surface area contributed by atoms with Crippen LogP contribution in [-0.2, 0) is 0 Å². The van der Waals surface area contributed by atoms with Crippen molar-refractivity contribution in [2.45, 2.75) is 5.25 Å². The number of halogens is 2. The van der Waals surface area contributed by atoms with Gasteiger partial charge in [0.1, 0.15) is 12.4 Å². The number of terminal acetylenes is 1. The van der Waals surface area contributed by atoms with Gasteiger partial charge in [-0.25, -0.2) is 4.90 Å². The Morgan fingerprint density at radius 2 is 2.32 bits per heavy atom. The minimum atomic E-state index is 0.159. The molecular formula is C15H11Cl2N3S2. The minimum absolute atomic E-state index is 0.159. The van der Waals surface area contributed by atoms with Gasteiger partial charge in [0.25, 0.3) is 0 Å². The number of hydrogen-bond donors (Lipinski definition) is 0. The summed E-state index contributed by atoms with van der Waals surface area (Å²) in [5.41, 5.74) is 1.42. The highest BCUT2D eigenvalue weighted by Crippen LogP contribution is 2.52. The van der Waals surface area contributed by atoms with Crippen LogP contribution in [0.15, 0.2) is 33.1 Å². The van der Waals surface area contributed by atoms with E-state index in [4.69, 9.17) is 29.6 Å². The van der Waals surface area contributed by atoms with E-state index < -0.39 is 0 Å². The lowest BCUT2D eigenvalue weighted by molar-refractivity contribution is 0.781. The molecule has 22 heavy (non-hydrogen) atoms. The Hall–Kier alpha value is -1.24. The van der Waals surface area contributed by atoms with Crippen LogP contribution >= 0.6 is 46.7 Å². The Morgan fingerprint density at radius 1 is 1.55 bits per heavy atom. The largest absolute Gasteiger partial charge is 0.278 e. The molecule has 7 heteroatoms. The highest BCUT2D eigenvalue weighted by atomic mass is 35.5. The average Bonchev–Trinajstić information content (AvgIpc) is 2.96. The minimum Gasteiger partial charge on any atom is -0.278 e. The number of benzene rings is 1. The summed E-state index contributed by atoms with van der Waals surface area (Å²) in [7, 11) is 1.61. The standard InChI is InChI=1S/C15H11Cl2N3S2/c1-3-20(9-19-2)13(7-18)15-21-8-14(22-15)11-5-4-10(16)6-12(11)17/h1,4-6,9,14H,8H2,2H3/b15-13+,19-9?. The molecule has 0 N–H and O–H groups in total. The molecule has 3 nitrogen and oxygen atoms in total. The fourth-order valence-corrected chi connectivity index (χ4v) is 5.37. The summed E-state index contributed by atoms with van der Waals surface area (Å²) in [6, 6.07) is 10.1. The van der Waals surface area contributed by atoms with E-state index in [1.807, 2.05) is 12.1 Å². The molecule has 1 unspecified atom stereocenters. The lowest BCUT2D eigenvalue weighted by Gasteiger charge is -2.12. The zero-order valence-corrected chi connectivity index (χ0v) is 14.7. The van der Waals surface area contributed by atoms with Crippen LogP contribution in [0.25, 0.3) is 0 Å². The van der Waals surface area contributed by atoms with Crippen LogP contribution in [0.1, 0.15) is 10.8 Å². The third-order valence-electron chi connectivity index (χ3n) is 2.83. The van der Waals surface area contributed by atoms with E-state index in [1.165, 1.54) is 11.2 Å². The van der Waals surface area contributed by atoms with Crippen molar-refractivity contribution in [3.05, 3.63) is 43.7 Å². The number of allylic oxidation sites excluding steroid dienone is 1. The van der Waals surface area contributed by atoms with Crippen LogP contribution in [0.2, 0.25) is 10.0 Å². The molecule has 1 aromatic carbocycles. The topological polar surface area (TPSA) is 39.4 Å². The number of hydrogen-bond acceptors (Lipinski definition) is 4. The van der Waals surface area contributed by atoms with Crippen molar-refractivity contribution in [1.29, 1.82) is 5.26 Å². The van der Waals surface area contributed by atoms with E-state index in [0.717, 1.165) is 15.6 Å². The fourth-order valence-electron chi connectivity index (χ4n) is 1.86. The van der Waals surface area contributed by atoms with Crippen LogP contribution in [0.4, 0.5) is 0 Å². The van der Waals surface area contributed by atoms with Gasteiger partial charge in [0, 0.05) is 34.1 Å². The number of rotatable bonds is 3. The molecule has 0 aliphatic carbocycles. The number of nitriles is 1. The Kier molecular flexibility index (Phi) is 6.11. The van der Waals surface area contributed by atoms with Gasteiger partial charge in [0.15, 0.2) is 5.70 Å². The molecule has 0 amide bonds. The molecule has 0 radical (unpaired) electrons. The molecular weight excluding hydrogens is 357 g/mol. The van der Waals surface area contributed by atoms with Gasteiger partial charge < -0.3 is 0 Å². The lowest BCUT2D eigenvalue weighted by atomic mass is 10.2. The van der Waals surface area contributed by atoms with Gasteiger partial charge in [-0.1, -0.05) is 35.7 Å². The van der Waals surface area contributed by atoms with Crippen molar-refractivity contribution >= 4 is 53.1 Å². The molecule has 0 bridgehead atoms. The van der Waals surface area contributed by atoms with Crippen LogP contribution in [0.3, 0.4) is 0 Å². The zero-order valence-electron chi connectivity index (χ0n) is 11.6.